The number of carbonyl (C=O) groups is 2. The number of ether oxygens (including phenoxy) is 2. The first-order valence-electron chi connectivity index (χ1n) is 9.47. The minimum atomic E-state index is -0.620. The summed E-state index contributed by atoms with van der Waals surface area (Å²) in [6, 6.07) is 8.21. The predicted octanol–water partition coefficient (Wildman–Crippen LogP) is 3.06. The van der Waals surface area contributed by atoms with Crippen LogP contribution in [-0.2, 0) is 9.53 Å². The molecule has 9 nitrogen and oxygen atoms in total. The highest BCUT2D eigenvalue weighted by Gasteiger charge is 2.19. The third-order valence-electron chi connectivity index (χ3n) is 4.44. The topological polar surface area (TPSA) is 128 Å². The van der Waals surface area contributed by atoms with Crippen LogP contribution in [0.2, 0.25) is 0 Å². The van der Waals surface area contributed by atoms with E-state index in [1.54, 1.807) is 18.2 Å². The molecule has 0 saturated carbocycles. The molecule has 1 atom stereocenters. The van der Waals surface area contributed by atoms with E-state index < -0.39 is 11.8 Å². The number of hydrogen-bond acceptors (Lipinski definition) is 7. The van der Waals surface area contributed by atoms with Gasteiger partial charge in [0.1, 0.15) is 28.6 Å². The molecule has 1 aromatic heterocycles. The van der Waals surface area contributed by atoms with Crippen molar-refractivity contribution in [3.63, 3.8) is 0 Å². The van der Waals surface area contributed by atoms with Crippen LogP contribution in [-0.4, -0.2) is 54.2 Å². The van der Waals surface area contributed by atoms with Crippen LogP contribution < -0.4 is 10.1 Å². The Balaban J connectivity index is 1.96. The molecule has 1 amide bonds. The Morgan fingerprint density at radius 3 is 2.81 bits per heavy atom. The summed E-state index contributed by atoms with van der Waals surface area (Å²) in [5.41, 5.74) is 0.440. The summed E-state index contributed by atoms with van der Waals surface area (Å²) in [5.74, 6) is -0.737. The molecule has 0 fully saturated rings. The lowest BCUT2D eigenvalue weighted by Crippen LogP contribution is -2.38. The summed E-state index contributed by atoms with van der Waals surface area (Å²) in [4.78, 5) is 28.0. The van der Waals surface area contributed by atoms with E-state index in [0.717, 1.165) is 18.5 Å². The Hall–Kier alpha value is -3.82. The van der Waals surface area contributed by atoms with E-state index in [2.05, 4.69) is 15.0 Å². The lowest BCUT2D eigenvalue weighted by molar-refractivity contribution is -0.105. The number of anilines is 1. The maximum Gasteiger partial charge on any atom is 0.341 e. The number of rotatable bonds is 11. The van der Waals surface area contributed by atoms with Gasteiger partial charge in [0.2, 0.25) is 6.41 Å². The molecule has 0 bridgehead atoms. The number of nitrogens with one attached hydrogen (secondary N) is 3. The number of hydrogen-bond donors (Lipinski definition) is 3. The molecule has 2 rings (SSSR count). The molecule has 1 aromatic carbocycles. The lowest BCUT2D eigenvalue weighted by Gasteiger charge is -2.26. The second kappa shape index (κ2) is 11.4. The van der Waals surface area contributed by atoms with Crippen molar-refractivity contribution in [2.24, 2.45) is 0 Å². The van der Waals surface area contributed by atoms with Crippen molar-refractivity contribution in [3.8, 4) is 5.75 Å². The summed E-state index contributed by atoms with van der Waals surface area (Å²) in [5, 5.41) is 18.5. The summed E-state index contributed by atoms with van der Waals surface area (Å²) in [7, 11) is 1.23. The van der Waals surface area contributed by atoms with Crippen LogP contribution in [0.5, 0.6) is 5.75 Å². The third kappa shape index (κ3) is 6.33. The van der Waals surface area contributed by atoms with E-state index >= 15 is 0 Å². The summed E-state index contributed by atoms with van der Waals surface area (Å²) in [6.45, 7) is 2.04. The molecule has 31 heavy (non-hydrogen) atoms. The van der Waals surface area contributed by atoms with Gasteiger partial charge in [-0.3, -0.25) is 15.6 Å². The molecule has 3 N–H and O–H groups in total. The maximum atomic E-state index is 13.5. The average Bonchev–Trinajstić information content (AvgIpc) is 2.77. The zero-order valence-electron chi connectivity index (χ0n) is 17.2. The quantitative estimate of drug-likeness (QED) is 0.166. The third-order valence-corrected chi connectivity index (χ3v) is 4.44. The van der Waals surface area contributed by atoms with Gasteiger partial charge in [-0.15, -0.1) is 0 Å². The van der Waals surface area contributed by atoms with Gasteiger partial charge in [-0.05, 0) is 44.0 Å². The molecule has 164 valence electrons. The van der Waals surface area contributed by atoms with Crippen LogP contribution in [0.25, 0.3) is 0 Å². The first-order valence-corrected chi connectivity index (χ1v) is 9.47. The fourth-order valence-electron chi connectivity index (χ4n) is 2.85. The number of amides is 1. The van der Waals surface area contributed by atoms with Gasteiger partial charge in [0.05, 0.1) is 20.1 Å². The SMILES string of the molecule is COC(=O)c1ccc(F)cc1OCCCC(C)N(C=N)C(=N)c1cccc(NC=O)n1. The van der Waals surface area contributed by atoms with Gasteiger partial charge in [0, 0.05) is 12.1 Å². The lowest BCUT2D eigenvalue weighted by atomic mass is 10.1. The molecule has 0 aliphatic rings. The highest BCUT2D eigenvalue weighted by molar-refractivity contribution is 6.01. The van der Waals surface area contributed by atoms with Crippen molar-refractivity contribution >= 4 is 30.4 Å². The monoisotopic (exact) mass is 429 g/mol. The van der Waals surface area contributed by atoms with Gasteiger partial charge in [-0.1, -0.05) is 6.07 Å². The van der Waals surface area contributed by atoms with Crippen molar-refractivity contribution in [1.29, 1.82) is 10.8 Å². The number of benzene rings is 1. The van der Waals surface area contributed by atoms with Crippen molar-refractivity contribution < 1.29 is 23.5 Å². The fraction of sp³-hybridized carbons (Fsp3) is 0.286. The van der Waals surface area contributed by atoms with Gasteiger partial charge in [-0.25, -0.2) is 14.2 Å². The number of pyridine rings is 1. The van der Waals surface area contributed by atoms with E-state index in [-0.39, 0.29) is 29.8 Å². The molecule has 2 aromatic rings. The van der Waals surface area contributed by atoms with Gasteiger partial charge in [-0.2, -0.15) is 0 Å². The van der Waals surface area contributed by atoms with Gasteiger partial charge in [0.25, 0.3) is 0 Å². The molecule has 0 saturated heterocycles. The van der Waals surface area contributed by atoms with Gasteiger partial charge in [0.15, 0.2) is 5.84 Å². The number of carbonyl (C=O) groups excluding carboxylic acids is 2. The zero-order chi connectivity index (χ0) is 22.8. The Morgan fingerprint density at radius 2 is 2.13 bits per heavy atom. The van der Waals surface area contributed by atoms with Crippen molar-refractivity contribution in [3.05, 3.63) is 53.5 Å². The molecule has 0 spiro atoms. The summed E-state index contributed by atoms with van der Waals surface area (Å²) in [6.07, 6.45) is 2.61. The van der Waals surface area contributed by atoms with Crippen LogP contribution in [0.1, 0.15) is 35.8 Å². The molecule has 0 aliphatic heterocycles. The summed E-state index contributed by atoms with van der Waals surface area (Å²) < 4.78 is 23.8. The standard InChI is InChI=1S/C21H24FN5O4/c1-14(27(12-23)20(24)17-6-3-7-19(26-17)25-13-28)5-4-10-31-18-11-15(22)8-9-16(18)21(29)30-2/h3,6-9,11-14,23-24H,4-5,10H2,1-2H3,(H,25,26,28). The molecular formula is C21H24FN5O4. The van der Waals surface area contributed by atoms with Crippen LogP contribution in [0.15, 0.2) is 36.4 Å². The maximum absolute atomic E-state index is 13.5. The molecule has 1 unspecified atom stereocenters. The second-order valence-corrected chi connectivity index (χ2v) is 6.53. The Kier molecular flexibility index (Phi) is 8.62. The Morgan fingerprint density at radius 1 is 1.35 bits per heavy atom. The Bertz CT molecular complexity index is 953. The molecule has 1 heterocycles. The van der Waals surface area contributed by atoms with E-state index in [1.807, 2.05) is 6.92 Å². The Labute approximate surface area is 179 Å². The van der Waals surface area contributed by atoms with Gasteiger partial charge >= 0.3 is 5.97 Å². The smallest absolute Gasteiger partial charge is 0.341 e. The van der Waals surface area contributed by atoms with Crippen LogP contribution >= 0.6 is 0 Å². The van der Waals surface area contributed by atoms with Crippen LogP contribution in [0, 0.1) is 16.6 Å². The number of aromatic nitrogens is 1. The number of halogens is 1. The largest absolute Gasteiger partial charge is 0.493 e. The number of nitrogens with zero attached hydrogens (tertiary/aromatic N) is 2. The van der Waals surface area contributed by atoms with Gasteiger partial charge < -0.3 is 19.7 Å². The van der Waals surface area contributed by atoms with Crippen molar-refractivity contribution in [1.82, 2.24) is 9.88 Å². The van der Waals surface area contributed by atoms with Crippen LogP contribution in [0.4, 0.5) is 10.2 Å². The zero-order valence-corrected chi connectivity index (χ0v) is 17.2. The highest BCUT2D eigenvalue weighted by atomic mass is 19.1. The first kappa shape index (κ1) is 23.5. The normalized spacial score (nSPS) is 11.2. The second-order valence-electron chi connectivity index (χ2n) is 6.53. The molecule has 0 radical (unpaired) electrons. The first-order chi connectivity index (χ1) is 14.9. The molecule has 0 aliphatic carbocycles. The minimum Gasteiger partial charge on any atom is -0.493 e. The van der Waals surface area contributed by atoms with E-state index in [0.29, 0.717) is 30.8 Å². The highest BCUT2D eigenvalue weighted by Crippen LogP contribution is 2.21. The molecular weight excluding hydrogens is 405 g/mol. The molecule has 10 heteroatoms. The van der Waals surface area contributed by atoms with Crippen LogP contribution in [0.3, 0.4) is 0 Å². The minimum absolute atomic E-state index is 0.0103. The number of methoxy groups -OCH3 is 1. The predicted molar refractivity (Wildman–Crippen MR) is 113 cm³/mol. The van der Waals surface area contributed by atoms with E-state index in [4.69, 9.17) is 15.6 Å². The number of amidine groups is 1. The van der Waals surface area contributed by atoms with Crippen molar-refractivity contribution in [2.75, 3.05) is 19.0 Å². The van der Waals surface area contributed by atoms with E-state index in [1.165, 1.54) is 18.1 Å². The van der Waals surface area contributed by atoms with Crippen molar-refractivity contribution in [2.45, 2.75) is 25.8 Å². The fourth-order valence-corrected chi connectivity index (χ4v) is 2.85. The summed E-state index contributed by atoms with van der Waals surface area (Å²) >= 11 is 0. The average molecular weight is 429 g/mol. The van der Waals surface area contributed by atoms with E-state index in [9.17, 15) is 14.0 Å². The number of esters is 1.